The quantitative estimate of drug-likeness (QED) is 0.850. The highest BCUT2D eigenvalue weighted by Gasteiger charge is 2.54. The predicted molar refractivity (Wildman–Crippen MR) is 96.1 cm³/mol. The third-order valence-corrected chi connectivity index (χ3v) is 6.31. The lowest BCUT2D eigenvalue weighted by Crippen LogP contribution is -2.61. The summed E-state index contributed by atoms with van der Waals surface area (Å²) >= 11 is 0. The van der Waals surface area contributed by atoms with Crippen molar-refractivity contribution < 1.29 is 9.21 Å². The first-order valence-electron chi connectivity index (χ1n) is 9.51. The molecule has 1 aromatic heterocycles. The molecule has 2 saturated heterocycles. The Balaban J connectivity index is 1.27. The molecule has 0 radical (unpaired) electrons. The molecule has 3 aliphatic rings. The van der Waals surface area contributed by atoms with Crippen LogP contribution in [-0.2, 0) is 4.79 Å². The van der Waals surface area contributed by atoms with E-state index < -0.39 is 0 Å². The second kappa shape index (κ2) is 5.91. The minimum atomic E-state index is 0.140. The van der Waals surface area contributed by atoms with Gasteiger partial charge in [0, 0.05) is 36.5 Å². The predicted octanol–water partition coefficient (Wildman–Crippen LogP) is 2.74. The van der Waals surface area contributed by atoms with Crippen LogP contribution in [0.1, 0.15) is 37.6 Å². The first kappa shape index (κ1) is 16.0. The fourth-order valence-electron chi connectivity index (χ4n) is 4.67. The zero-order chi connectivity index (χ0) is 17.7. The first-order valence-corrected chi connectivity index (χ1v) is 9.51. The van der Waals surface area contributed by atoms with Crippen molar-refractivity contribution in [1.82, 2.24) is 20.0 Å². The van der Waals surface area contributed by atoms with E-state index in [1.54, 1.807) is 0 Å². The molecule has 0 N–H and O–H groups in total. The summed E-state index contributed by atoms with van der Waals surface area (Å²) in [6.45, 7) is 2.74. The standard InChI is InChI=1S/C20H24N4O2/c1-23-11-20(12-24(13-20)19(25)15-8-5-9-15)10-16(23)18-22-21-17(26-18)14-6-3-2-4-7-14/h2-4,6-7,15-16H,5,8-13H2,1H3. The van der Waals surface area contributed by atoms with E-state index in [2.05, 4.69) is 27.0 Å². The maximum atomic E-state index is 12.4. The summed E-state index contributed by atoms with van der Waals surface area (Å²) in [5, 5.41) is 8.55. The molecule has 3 fully saturated rings. The molecule has 1 spiro atoms. The van der Waals surface area contributed by atoms with Gasteiger partial charge in [-0.1, -0.05) is 24.6 Å². The number of aromatic nitrogens is 2. The third-order valence-electron chi connectivity index (χ3n) is 6.31. The van der Waals surface area contributed by atoms with Gasteiger partial charge in [0.25, 0.3) is 0 Å². The smallest absolute Gasteiger partial charge is 0.247 e. The number of hydrogen-bond acceptors (Lipinski definition) is 5. The number of likely N-dealkylation sites (tertiary alicyclic amines) is 2. The molecule has 6 heteroatoms. The second-order valence-corrected chi connectivity index (χ2v) is 8.27. The lowest BCUT2D eigenvalue weighted by atomic mass is 9.75. The Morgan fingerprint density at radius 3 is 2.62 bits per heavy atom. The van der Waals surface area contributed by atoms with E-state index in [0.717, 1.165) is 44.5 Å². The monoisotopic (exact) mass is 352 g/mol. The molecule has 5 rings (SSSR count). The van der Waals surface area contributed by atoms with Crippen LogP contribution in [0.15, 0.2) is 34.7 Å². The van der Waals surface area contributed by atoms with E-state index in [4.69, 9.17) is 4.42 Å². The van der Waals surface area contributed by atoms with E-state index >= 15 is 0 Å². The highest BCUT2D eigenvalue weighted by atomic mass is 16.4. The molecule has 1 aromatic carbocycles. The Hall–Kier alpha value is -2.21. The van der Waals surface area contributed by atoms with Crippen molar-refractivity contribution in [3.05, 3.63) is 36.2 Å². The number of amides is 1. The minimum absolute atomic E-state index is 0.140. The summed E-state index contributed by atoms with van der Waals surface area (Å²) in [7, 11) is 2.11. The number of hydrogen-bond donors (Lipinski definition) is 0. The third kappa shape index (κ3) is 2.55. The molecular weight excluding hydrogens is 328 g/mol. The van der Waals surface area contributed by atoms with Crippen molar-refractivity contribution in [3.63, 3.8) is 0 Å². The van der Waals surface area contributed by atoms with Crippen molar-refractivity contribution in [2.45, 2.75) is 31.7 Å². The summed E-state index contributed by atoms with van der Waals surface area (Å²) in [6.07, 6.45) is 4.35. The van der Waals surface area contributed by atoms with Crippen LogP contribution in [-0.4, -0.2) is 52.6 Å². The van der Waals surface area contributed by atoms with E-state index in [1.807, 2.05) is 30.3 Å². The van der Waals surface area contributed by atoms with Crippen molar-refractivity contribution in [3.8, 4) is 11.5 Å². The molecule has 0 bridgehead atoms. The molecule has 3 heterocycles. The molecule has 1 aliphatic carbocycles. The molecule has 1 saturated carbocycles. The van der Waals surface area contributed by atoms with Crippen LogP contribution < -0.4 is 0 Å². The topological polar surface area (TPSA) is 62.5 Å². The molecule has 6 nitrogen and oxygen atoms in total. The average Bonchev–Trinajstić information content (AvgIpc) is 3.17. The maximum Gasteiger partial charge on any atom is 0.247 e. The molecule has 26 heavy (non-hydrogen) atoms. The van der Waals surface area contributed by atoms with Gasteiger partial charge in [0.1, 0.15) is 0 Å². The molecule has 2 aromatic rings. The lowest BCUT2D eigenvalue weighted by molar-refractivity contribution is -0.150. The zero-order valence-corrected chi connectivity index (χ0v) is 15.1. The minimum Gasteiger partial charge on any atom is -0.419 e. The van der Waals surface area contributed by atoms with Gasteiger partial charge < -0.3 is 9.32 Å². The first-order chi connectivity index (χ1) is 12.6. The van der Waals surface area contributed by atoms with Crippen LogP contribution in [0.25, 0.3) is 11.5 Å². The van der Waals surface area contributed by atoms with Crippen molar-refractivity contribution in [1.29, 1.82) is 0 Å². The van der Waals surface area contributed by atoms with Gasteiger partial charge in [-0.25, -0.2) is 0 Å². The Morgan fingerprint density at radius 1 is 1.15 bits per heavy atom. The number of rotatable bonds is 3. The zero-order valence-electron chi connectivity index (χ0n) is 15.1. The highest BCUT2D eigenvalue weighted by molar-refractivity contribution is 5.80. The number of carbonyl (C=O) groups excluding carboxylic acids is 1. The van der Waals surface area contributed by atoms with E-state index in [1.165, 1.54) is 6.42 Å². The SMILES string of the molecule is CN1CC2(CC1c1nnc(-c3ccccc3)o1)CN(C(=O)C1CCC1)C2. The summed E-state index contributed by atoms with van der Waals surface area (Å²) in [4.78, 5) is 16.8. The van der Waals surface area contributed by atoms with Crippen LogP contribution in [0.5, 0.6) is 0 Å². The fraction of sp³-hybridized carbons (Fsp3) is 0.550. The Morgan fingerprint density at radius 2 is 1.92 bits per heavy atom. The summed E-state index contributed by atoms with van der Waals surface area (Å²) in [5.74, 6) is 1.93. The van der Waals surface area contributed by atoms with Crippen LogP contribution in [0.2, 0.25) is 0 Å². The van der Waals surface area contributed by atoms with E-state index in [-0.39, 0.29) is 11.5 Å². The summed E-state index contributed by atoms with van der Waals surface area (Å²) in [6, 6.07) is 10.0. The lowest BCUT2D eigenvalue weighted by Gasteiger charge is -2.50. The van der Waals surface area contributed by atoms with Gasteiger partial charge in [0.05, 0.1) is 6.04 Å². The normalized spacial score (nSPS) is 25.3. The van der Waals surface area contributed by atoms with Crippen LogP contribution in [0, 0.1) is 11.3 Å². The second-order valence-electron chi connectivity index (χ2n) is 8.27. The van der Waals surface area contributed by atoms with E-state index in [0.29, 0.717) is 23.6 Å². The number of carbonyl (C=O) groups is 1. The summed E-state index contributed by atoms with van der Waals surface area (Å²) in [5.41, 5.74) is 1.14. The van der Waals surface area contributed by atoms with Gasteiger partial charge >= 0.3 is 0 Å². The molecule has 1 amide bonds. The van der Waals surface area contributed by atoms with Gasteiger partial charge in [-0.3, -0.25) is 9.69 Å². The molecule has 2 aliphatic heterocycles. The van der Waals surface area contributed by atoms with E-state index in [9.17, 15) is 4.79 Å². The van der Waals surface area contributed by atoms with Crippen LogP contribution in [0.3, 0.4) is 0 Å². The van der Waals surface area contributed by atoms with Gasteiger partial charge in [-0.2, -0.15) is 0 Å². The van der Waals surface area contributed by atoms with Gasteiger partial charge in [-0.15, -0.1) is 10.2 Å². The maximum absolute atomic E-state index is 12.4. The summed E-state index contributed by atoms with van der Waals surface area (Å²) < 4.78 is 5.98. The van der Waals surface area contributed by atoms with Crippen molar-refractivity contribution in [2.75, 3.05) is 26.7 Å². The van der Waals surface area contributed by atoms with Gasteiger partial charge in [0.2, 0.25) is 17.7 Å². The largest absolute Gasteiger partial charge is 0.419 e. The fourth-order valence-corrected chi connectivity index (χ4v) is 4.67. The van der Waals surface area contributed by atoms with Gasteiger partial charge in [0.15, 0.2) is 0 Å². The Labute approximate surface area is 153 Å². The number of benzene rings is 1. The molecule has 1 unspecified atom stereocenters. The molecular formula is C20H24N4O2. The van der Waals surface area contributed by atoms with Crippen LogP contribution >= 0.6 is 0 Å². The Kier molecular flexibility index (Phi) is 3.64. The number of nitrogens with zero attached hydrogens (tertiary/aromatic N) is 4. The van der Waals surface area contributed by atoms with Crippen molar-refractivity contribution in [2.24, 2.45) is 11.3 Å². The highest BCUT2D eigenvalue weighted by Crippen LogP contribution is 2.48. The molecule has 1 atom stereocenters. The Bertz CT molecular complexity index is 808. The van der Waals surface area contributed by atoms with Crippen molar-refractivity contribution >= 4 is 5.91 Å². The van der Waals surface area contributed by atoms with Gasteiger partial charge in [-0.05, 0) is 38.4 Å². The van der Waals surface area contributed by atoms with Crippen LogP contribution in [0.4, 0.5) is 0 Å². The molecule has 136 valence electrons. The average molecular weight is 352 g/mol.